The van der Waals surface area contributed by atoms with Gasteiger partial charge in [-0.2, -0.15) is 0 Å². The van der Waals surface area contributed by atoms with Crippen molar-refractivity contribution in [3.63, 3.8) is 0 Å². The third-order valence-electron chi connectivity index (χ3n) is 2.82. The van der Waals surface area contributed by atoms with Crippen LogP contribution in [0.1, 0.15) is 18.4 Å². The molecule has 0 aliphatic heterocycles. The number of benzene rings is 1. The molecule has 0 aromatic heterocycles. The minimum atomic E-state index is -0.245. The second-order valence-electron chi connectivity index (χ2n) is 4.37. The fraction of sp³-hybridized carbons (Fsp3) is 0.462. The SMILES string of the molecule is O=C(COCc1ccccc1)NC1CC(O)C1. The molecule has 1 aromatic carbocycles. The van der Waals surface area contributed by atoms with Gasteiger partial charge in [-0.3, -0.25) is 4.79 Å². The van der Waals surface area contributed by atoms with Gasteiger partial charge >= 0.3 is 0 Å². The van der Waals surface area contributed by atoms with Gasteiger partial charge in [0.2, 0.25) is 5.91 Å². The van der Waals surface area contributed by atoms with Gasteiger partial charge in [-0.25, -0.2) is 0 Å². The zero-order chi connectivity index (χ0) is 12.1. The molecule has 0 unspecified atom stereocenters. The van der Waals surface area contributed by atoms with E-state index in [9.17, 15) is 4.79 Å². The minimum absolute atomic E-state index is 0.0709. The summed E-state index contributed by atoms with van der Waals surface area (Å²) in [6.07, 6.45) is 1.07. The van der Waals surface area contributed by atoms with E-state index in [1.165, 1.54) is 0 Å². The van der Waals surface area contributed by atoms with Crippen LogP contribution in [0.4, 0.5) is 0 Å². The Kier molecular flexibility index (Phi) is 4.12. The van der Waals surface area contributed by atoms with E-state index in [0.717, 1.165) is 5.56 Å². The third kappa shape index (κ3) is 3.84. The molecule has 4 heteroatoms. The van der Waals surface area contributed by atoms with Crippen molar-refractivity contribution in [2.45, 2.75) is 31.6 Å². The molecule has 2 rings (SSSR count). The molecular formula is C13H17NO3. The lowest BCUT2D eigenvalue weighted by Gasteiger charge is -2.31. The smallest absolute Gasteiger partial charge is 0.246 e. The van der Waals surface area contributed by atoms with Crippen molar-refractivity contribution in [3.8, 4) is 0 Å². The Morgan fingerprint density at radius 2 is 2.06 bits per heavy atom. The molecule has 1 aliphatic carbocycles. The highest BCUT2D eigenvalue weighted by Gasteiger charge is 2.28. The van der Waals surface area contributed by atoms with Gasteiger partial charge in [-0.15, -0.1) is 0 Å². The number of nitrogens with one attached hydrogen (secondary N) is 1. The van der Waals surface area contributed by atoms with E-state index in [2.05, 4.69) is 5.32 Å². The summed E-state index contributed by atoms with van der Waals surface area (Å²) in [6, 6.07) is 9.86. The van der Waals surface area contributed by atoms with Crippen LogP contribution in [-0.2, 0) is 16.1 Å². The number of carbonyl (C=O) groups excluding carboxylic acids is 1. The first kappa shape index (κ1) is 12.1. The molecular weight excluding hydrogens is 218 g/mol. The van der Waals surface area contributed by atoms with E-state index in [1.54, 1.807) is 0 Å². The zero-order valence-electron chi connectivity index (χ0n) is 9.63. The summed E-state index contributed by atoms with van der Waals surface area (Å²) in [5, 5.41) is 11.9. The van der Waals surface area contributed by atoms with E-state index in [1.807, 2.05) is 30.3 Å². The Morgan fingerprint density at radius 3 is 2.71 bits per heavy atom. The molecule has 1 fully saturated rings. The number of rotatable bonds is 5. The number of amides is 1. The van der Waals surface area contributed by atoms with Crippen LogP contribution in [0.2, 0.25) is 0 Å². The highest BCUT2D eigenvalue weighted by Crippen LogP contribution is 2.18. The lowest BCUT2D eigenvalue weighted by molar-refractivity contribution is -0.128. The Hall–Kier alpha value is -1.39. The molecule has 17 heavy (non-hydrogen) atoms. The van der Waals surface area contributed by atoms with Crippen LogP contribution in [0.3, 0.4) is 0 Å². The third-order valence-corrected chi connectivity index (χ3v) is 2.82. The van der Waals surface area contributed by atoms with Crippen molar-refractivity contribution in [1.29, 1.82) is 0 Å². The summed E-state index contributed by atoms with van der Waals surface area (Å²) < 4.78 is 5.30. The van der Waals surface area contributed by atoms with Gasteiger partial charge in [0.1, 0.15) is 6.61 Å². The van der Waals surface area contributed by atoms with Gasteiger partial charge in [-0.1, -0.05) is 30.3 Å². The van der Waals surface area contributed by atoms with Gasteiger partial charge in [0.25, 0.3) is 0 Å². The van der Waals surface area contributed by atoms with Crippen molar-refractivity contribution in [2.24, 2.45) is 0 Å². The van der Waals surface area contributed by atoms with Crippen LogP contribution < -0.4 is 5.32 Å². The second kappa shape index (κ2) is 5.80. The molecule has 1 saturated carbocycles. The standard InChI is InChI=1S/C13H17NO3/c15-12-6-11(7-12)14-13(16)9-17-8-10-4-2-1-3-5-10/h1-5,11-12,15H,6-9H2,(H,14,16). The van der Waals surface area contributed by atoms with Gasteiger partial charge in [0, 0.05) is 6.04 Å². The number of aliphatic hydroxyl groups is 1. The first-order valence-corrected chi connectivity index (χ1v) is 5.83. The lowest BCUT2D eigenvalue weighted by atomic mass is 9.89. The summed E-state index contributed by atoms with van der Waals surface area (Å²) >= 11 is 0. The van der Waals surface area contributed by atoms with Crippen molar-refractivity contribution < 1.29 is 14.6 Å². The highest BCUT2D eigenvalue weighted by molar-refractivity contribution is 5.77. The maximum atomic E-state index is 11.4. The van der Waals surface area contributed by atoms with Crippen molar-refractivity contribution >= 4 is 5.91 Å². The minimum Gasteiger partial charge on any atom is -0.393 e. The first-order valence-electron chi connectivity index (χ1n) is 5.83. The van der Waals surface area contributed by atoms with Gasteiger partial charge < -0.3 is 15.2 Å². The van der Waals surface area contributed by atoms with Crippen LogP contribution in [0.15, 0.2) is 30.3 Å². The normalized spacial score (nSPS) is 22.9. The topological polar surface area (TPSA) is 58.6 Å². The number of hydrogen-bond donors (Lipinski definition) is 2. The average Bonchev–Trinajstić information content (AvgIpc) is 2.28. The quantitative estimate of drug-likeness (QED) is 0.795. The van der Waals surface area contributed by atoms with Gasteiger partial charge in [0.15, 0.2) is 0 Å². The van der Waals surface area contributed by atoms with Crippen molar-refractivity contribution in [2.75, 3.05) is 6.61 Å². The van der Waals surface area contributed by atoms with Crippen LogP contribution in [0, 0.1) is 0 Å². The Balaban J connectivity index is 1.60. The maximum Gasteiger partial charge on any atom is 0.246 e. The lowest BCUT2D eigenvalue weighted by Crippen LogP contribution is -2.47. The molecule has 2 N–H and O–H groups in total. The molecule has 4 nitrogen and oxygen atoms in total. The molecule has 1 aliphatic rings. The molecule has 0 bridgehead atoms. The predicted octanol–water partition coefficient (Wildman–Crippen LogP) is 0.843. The van der Waals surface area contributed by atoms with E-state index in [4.69, 9.17) is 9.84 Å². The molecule has 1 amide bonds. The molecule has 0 atom stereocenters. The average molecular weight is 235 g/mol. The van der Waals surface area contributed by atoms with Crippen molar-refractivity contribution in [1.82, 2.24) is 5.32 Å². The molecule has 0 heterocycles. The Morgan fingerprint density at radius 1 is 1.35 bits per heavy atom. The summed E-state index contributed by atoms with van der Waals surface area (Å²) in [5.41, 5.74) is 1.05. The largest absolute Gasteiger partial charge is 0.393 e. The predicted molar refractivity (Wildman–Crippen MR) is 63.3 cm³/mol. The van der Waals surface area contributed by atoms with E-state index < -0.39 is 0 Å². The van der Waals surface area contributed by atoms with E-state index >= 15 is 0 Å². The van der Waals surface area contributed by atoms with Crippen LogP contribution in [0.5, 0.6) is 0 Å². The molecule has 0 saturated heterocycles. The van der Waals surface area contributed by atoms with Crippen LogP contribution in [-0.4, -0.2) is 29.8 Å². The Bertz CT molecular complexity index is 360. The Labute approximate surface area is 101 Å². The number of aliphatic hydroxyl groups excluding tert-OH is 1. The molecule has 0 radical (unpaired) electrons. The second-order valence-corrected chi connectivity index (χ2v) is 4.37. The fourth-order valence-electron chi connectivity index (χ4n) is 1.81. The first-order chi connectivity index (χ1) is 8.24. The summed E-state index contributed by atoms with van der Waals surface area (Å²) in [6.45, 7) is 0.517. The molecule has 92 valence electrons. The van der Waals surface area contributed by atoms with E-state index in [0.29, 0.717) is 19.4 Å². The summed E-state index contributed by atoms with van der Waals surface area (Å²) in [7, 11) is 0. The summed E-state index contributed by atoms with van der Waals surface area (Å²) in [5.74, 6) is -0.113. The number of hydrogen-bond acceptors (Lipinski definition) is 3. The number of ether oxygens (including phenoxy) is 1. The zero-order valence-corrected chi connectivity index (χ0v) is 9.63. The van der Waals surface area contributed by atoms with Crippen LogP contribution >= 0.6 is 0 Å². The van der Waals surface area contributed by atoms with Crippen molar-refractivity contribution in [3.05, 3.63) is 35.9 Å². The summed E-state index contributed by atoms with van der Waals surface area (Å²) in [4.78, 5) is 11.4. The maximum absolute atomic E-state index is 11.4. The van der Waals surface area contributed by atoms with E-state index in [-0.39, 0.29) is 24.7 Å². The fourth-order valence-corrected chi connectivity index (χ4v) is 1.81. The van der Waals surface area contributed by atoms with Crippen LogP contribution in [0.25, 0.3) is 0 Å². The molecule has 0 spiro atoms. The van der Waals surface area contributed by atoms with Gasteiger partial charge in [-0.05, 0) is 18.4 Å². The number of carbonyl (C=O) groups is 1. The highest BCUT2D eigenvalue weighted by atomic mass is 16.5. The van der Waals surface area contributed by atoms with Gasteiger partial charge in [0.05, 0.1) is 12.7 Å². The monoisotopic (exact) mass is 235 g/mol. The molecule has 1 aromatic rings.